The minimum absolute atomic E-state index is 0.168. The van der Waals surface area contributed by atoms with Crippen molar-refractivity contribution < 1.29 is 19.7 Å². The molecule has 4 heteroatoms. The van der Waals surface area contributed by atoms with Crippen molar-refractivity contribution in [1.29, 1.82) is 0 Å². The molecule has 100 valence electrons. The summed E-state index contributed by atoms with van der Waals surface area (Å²) in [6.07, 6.45) is 8.48. The highest BCUT2D eigenvalue weighted by molar-refractivity contribution is 5.82. The minimum atomic E-state index is -0.417. The average molecular weight is 260 g/mol. The van der Waals surface area contributed by atoms with Gasteiger partial charge < -0.3 is 14.9 Å². The quantitative estimate of drug-likeness (QED) is 0.206. The highest BCUT2D eigenvalue weighted by atomic mass is 16.5. The van der Waals surface area contributed by atoms with Crippen LogP contribution in [0.1, 0.15) is 12.0 Å². The molecule has 1 aromatic rings. The van der Waals surface area contributed by atoms with Crippen LogP contribution in [0.2, 0.25) is 0 Å². The van der Waals surface area contributed by atoms with Gasteiger partial charge in [-0.1, -0.05) is 30.4 Å². The predicted octanol–water partition coefficient (Wildman–Crippen LogP) is 2.79. The van der Waals surface area contributed by atoms with Gasteiger partial charge in [0, 0.05) is 6.08 Å². The maximum atomic E-state index is 11.2. The molecule has 0 amide bonds. The van der Waals surface area contributed by atoms with Crippen LogP contribution in [0.3, 0.4) is 0 Å². The molecule has 19 heavy (non-hydrogen) atoms. The number of esters is 1. The predicted molar refractivity (Wildman–Crippen MR) is 73.7 cm³/mol. The second-order valence-electron chi connectivity index (χ2n) is 3.71. The van der Waals surface area contributed by atoms with Crippen LogP contribution in [0.4, 0.5) is 0 Å². The van der Waals surface area contributed by atoms with Gasteiger partial charge in [0.05, 0.1) is 6.61 Å². The van der Waals surface area contributed by atoms with Gasteiger partial charge in [-0.05, 0) is 24.1 Å². The molecule has 1 aromatic carbocycles. The van der Waals surface area contributed by atoms with Gasteiger partial charge in [0.2, 0.25) is 0 Å². The van der Waals surface area contributed by atoms with Crippen LogP contribution < -0.4 is 0 Å². The fourth-order valence-electron chi connectivity index (χ4n) is 1.24. The Kier molecular flexibility index (Phi) is 5.95. The van der Waals surface area contributed by atoms with Crippen LogP contribution in [-0.2, 0) is 9.53 Å². The van der Waals surface area contributed by atoms with Gasteiger partial charge in [0.1, 0.15) is 0 Å². The number of hydrogen-bond acceptors (Lipinski definition) is 4. The third kappa shape index (κ3) is 5.59. The van der Waals surface area contributed by atoms with Crippen molar-refractivity contribution in [2.75, 3.05) is 6.61 Å². The lowest BCUT2D eigenvalue weighted by Crippen LogP contribution is -2.00. The number of allylic oxidation sites excluding steroid dienone is 2. The van der Waals surface area contributed by atoms with Crippen molar-refractivity contribution in [3.8, 4) is 11.5 Å². The molecule has 0 spiro atoms. The first kappa shape index (κ1) is 14.6. The van der Waals surface area contributed by atoms with E-state index in [4.69, 9.17) is 9.84 Å². The molecule has 0 aliphatic heterocycles. The van der Waals surface area contributed by atoms with E-state index in [-0.39, 0.29) is 11.5 Å². The van der Waals surface area contributed by atoms with Crippen LogP contribution in [0, 0.1) is 0 Å². The lowest BCUT2D eigenvalue weighted by Gasteiger charge is -1.98. The third-order valence-electron chi connectivity index (χ3n) is 2.20. The smallest absolute Gasteiger partial charge is 0.330 e. The molecule has 1 rings (SSSR count). The van der Waals surface area contributed by atoms with Gasteiger partial charge in [0.15, 0.2) is 11.5 Å². The van der Waals surface area contributed by atoms with E-state index in [1.165, 1.54) is 18.2 Å². The van der Waals surface area contributed by atoms with Crippen LogP contribution in [0.15, 0.2) is 49.1 Å². The van der Waals surface area contributed by atoms with Gasteiger partial charge in [0.25, 0.3) is 0 Å². The fraction of sp³-hybridized carbons (Fsp3) is 0.133. The minimum Gasteiger partial charge on any atom is -0.504 e. The summed E-state index contributed by atoms with van der Waals surface area (Å²) in [6, 6.07) is 4.45. The van der Waals surface area contributed by atoms with Gasteiger partial charge in [-0.25, -0.2) is 4.79 Å². The first-order chi connectivity index (χ1) is 9.13. The number of aromatic hydroxyl groups is 2. The average Bonchev–Trinajstić information content (AvgIpc) is 2.39. The standard InChI is InChI=1S/C15H16O4/c1-2-3-10-19-15(18)7-5-4-6-12-8-9-13(16)14(17)11-12/h2,4-9,11,16-17H,1,3,10H2/b6-4+,7-5+. The van der Waals surface area contributed by atoms with E-state index < -0.39 is 5.97 Å². The second kappa shape index (κ2) is 7.76. The molecule has 0 atom stereocenters. The van der Waals surface area contributed by atoms with Crippen LogP contribution >= 0.6 is 0 Å². The van der Waals surface area contributed by atoms with Gasteiger partial charge in [-0.3, -0.25) is 0 Å². The first-order valence-electron chi connectivity index (χ1n) is 5.78. The normalized spacial score (nSPS) is 10.9. The summed E-state index contributed by atoms with van der Waals surface area (Å²) >= 11 is 0. The van der Waals surface area contributed by atoms with Crippen molar-refractivity contribution in [2.24, 2.45) is 0 Å². The highest BCUT2D eigenvalue weighted by Crippen LogP contribution is 2.25. The number of ether oxygens (including phenoxy) is 1. The van der Waals surface area contributed by atoms with Crippen molar-refractivity contribution >= 4 is 12.0 Å². The number of phenolic OH excluding ortho intramolecular Hbond substituents is 2. The summed E-state index contributed by atoms with van der Waals surface area (Å²) in [7, 11) is 0. The van der Waals surface area contributed by atoms with Crippen molar-refractivity contribution in [3.05, 3.63) is 54.6 Å². The Morgan fingerprint density at radius 2 is 2.05 bits per heavy atom. The molecule has 0 radical (unpaired) electrons. The molecular weight excluding hydrogens is 244 g/mol. The van der Waals surface area contributed by atoms with Gasteiger partial charge in [-0.15, -0.1) is 6.58 Å². The molecule has 0 aliphatic rings. The van der Waals surface area contributed by atoms with Crippen molar-refractivity contribution in [1.82, 2.24) is 0 Å². The number of hydrogen-bond donors (Lipinski definition) is 2. The third-order valence-corrected chi connectivity index (χ3v) is 2.20. The molecule has 0 fully saturated rings. The number of phenols is 2. The summed E-state index contributed by atoms with van der Waals surface area (Å²) < 4.78 is 4.87. The van der Waals surface area contributed by atoms with Crippen LogP contribution in [0.5, 0.6) is 11.5 Å². The number of benzene rings is 1. The molecule has 4 nitrogen and oxygen atoms in total. The van der Waals surface area contributed by atoms with E-state index in [0.29, 0.717) is 18.6 Å². The maximum Gasteiger partial charge on any atom is 0.330 e. The topological polar surface area (TPSA) is 66.8 Å². The Labute approximate surface area is 112 Å². The molecule has 0 unspecified atom stereocenters. The maximum absolute atomic E-state index is 11.2. The summed E-state index contributed by atoms with van der Waals surface area (Å²) in [5.41, 5.74) is 0.708. The molecule has 0 saturated heterocycles. The van der Waals surface area contributed by atoms with E-state index in [1.54, 1.807) is 30.4 Å². The van der Waals surface area contributed by atoms with Gasteiger partial charge in [-0.2, -0.15) is 0 Å². The zero-order chi connectivity index (χ0) is 14.1. The molecule has 0 bridgehead atoms. The second-order valence-corrected chi connectivity index (χ2v) is 3.71. The summed E-state index contributed by atoms with van der Waals surface area (Å²) in [4.78, 5) is 11.2. The van der Waals surface area contributed by atoms with E-state index in [2.05, 4.69) is 6.58 Å². The number of carbonyl (C=O) groups is 1. The monoisotopic (exact) mass is 260 g/mol. The zero-order valence-electron chi connectivity index (χ0n) is 10.5. The molecule has 0 saturated carbocycles. The number of carbonyl (C=O) groups excluding carboxylic acids is 1. The van der Waals surface area contributed by atoms with Crippen molar-refractivity contribution in [3.63, 3.8) is 0 Å². The SMILES string of the molecule is C=CCCOC(=O)/C=C/C=C/c1ccc(O)c(O)c1. The Morgan fingerprint density at radius 3 is 2.74 bits per heavy atom. The highest BCUT2D eigenvalue weighted by Gasteiger charge is 1.97. The lowest BCUT2D eigenvalue weighted by molar-refractivity contribution is -0.137. The molecule has 0 aliphatic carbocycles. The molecule has 2 N–H and O–H groups in total. The summed E-state index contributed by atoms with van der Waals surface area (Å²) in [5.74, 6) is -0.770. The van der Waals surface area contributed by atoms with Crippen LogP contribution in [-0.4, -0.2) is 22.8 Å². The van der Waals surface area contributed by atoms with Crippen molar-refractivity contribution in [2.45, 2.75) is 6.42 Å². The van der Waals surface area contributed by atoms with Gasteiger partial charge >= 0.3 is 5.97 Å². The zero-order valence-corrected chi connectivity index (χ0v) is 10.5. The van der Waals surface area contributed by atoms with E-state index in [9.17, 15) is 9.90 Å². The Hall–Kier alpha value is -2.49. The molecular formula is C15H16O4. The van der Waals surface area contributed by atoms with E-state index in [1.807, 2.05) is 0 Å². The lowest BCUT2D eigenvalue weighted by atomic mass is 10.2. The Balaban J connectivity index is 2.46. The largest absolute Gasteiger partial charge is 0.504 e. The van der Waals surface area contributed by atoms with E-state index >= 15 is 0 Å². The summed E-state index contributed by atoms with van der Waals surface area (Å²) in [5, 5.41) is 18.4. The molecule has 0 heterocycles. The van der Waals surface area contributed by atoms with E-state index in [0.717, 1.165) is 0 Å². The Morgan fingerprint density at radius 1 is 1.26 bits per heavy atom. The van der Waals surface area contributed by atoms with Crippen LogP contribution in [0.25, 0.3) is 6.08 Å². The Bertz CT molecular complexity index is 501. The summed E-state index contributed by atoms with van der Waals surface area (Å²) in [6.45, 7) is 3.84. The first-order valence-corrected chi connectivity index (χ1v) is 5.78. The number of rotatable bonds is 6. The fourth-order valence-corrected chi connectivity index (χ4v) is 1.24. The molecule has 0 aromatic heterocycles.